The van der Waals surface area contributed by atoms with Crippen molar-refractivity contribution >= 4 is 5.91 Å². The first-order valence-corrected chi connectivity index (χ1v) is 5.78. The minimum absolute atomic E-state index is 0.00736. The van der Waals surface area contributed by atoms with Crippen LogP contribution in [0.2, 0.25) is 0 Å². The molecule has 0 radical (unpaired) electrons. The van der Waals surface area contributed by atoms with Crippen LogP contribution in [0.25, 0.3) is 0 Å². The number of carbonyl (C=O) groups is 1. The maximum Gasteiger partial charge on any atom is 0.224 e. The first-order chi connectivity index (χ1) is 8.45. The molecular weight excluding hydrogens is 240 g/mol. The number of amides is 1. The van der Waals surface area contributed by atoms with Crippen molar-refractivity contribution in [1.82, 2.24) is 5.32 Å². The fourth-order valence-corrected chi connectivity index (χ4v) is 1.54. The zero-order valence-corrected chi connectivity index (χ0v) is 10.4. The van der Waals surface area contributed by atoms with Gasteiger partial charge < -0.3 is 10.4 Å². The van der Waals surface area contributed by atoms with Crippen LogP contribution in [0.1, 0.15) is 19.4 Å². The lowest BCUT2D eigenvalue weighted by Crippen LogP contribution is -2.41. The molecule has 0 spiro atoms. The van der Waals surface area contributed by atoms with Crippen molar-refractivity contribution < 1.29 is 18.7 Å². The van der Waals surface area contributed by atoms with Gasteiger partial charge in [-0.25, -0.2) is 8.78 Å². The Morgan fingerprint density at radius 1 is 1.39 bits per heavy atom. The van der Waals surface area contributed by atoms with Crippen molar-refractivity contribution in [2.75, 3.05) is 6.61 Å². The smallest absolute Gasteiger partial charge is 0.224 e. The van der Waals surface area contributed by atoms with Crippen molar-refractivity contribution in [3.8, 4) is 0 Å². The number of nitrogens with one attached hydrogen (secondary N) is 1. The summed E-state index contributed by atoms with van der Waals surface area (Å²) in [5, 5.41) is 11.6. The zero-order chi connectivity index (χ0) is 13.7. The largest absolute Gasteiger partial charge is 0.394 e. The highest BCUT2D eigenvalue weighted by Gasteiger charge is 2.17. The molecular formula is C13H17F2NO2. The van der Waals surface area contributed by atoms with Gasteiger partial charge >= 0.3 is 0 Å². The van der Waals surface area contributed by atoms with Crippen molar-refractivity contribution in [3.05, 3.63) is 35.4 Å². The van der Waals surface area contributed by atoms with E-state index < -0.39 is 17.5 Å². The van der Waals surface area contributed by atoms with Gasteiger partial charge in [0.15, 0.2) is 11.6 Å². The van der Waals surface area contributed by atoms with Gasteiger partial charge in [-0.3, -0.25) is 4.79 Å². The highest BCUT2D eigenvalue weighted by Crippen LogP contribution is 2.12. The van der Waals surface area contributed by atoms with E-state index in [1.165, 1.54) is 12.1 Å². The molecule has 0 heterocycles. The Balaban J connectivity index is 2.67. The molecule has 0 saturated carbocycles. The van der Waals surface area contributed by atoms with E-state index in [1.54, 1.807) is 0 Å². The van der Waals surface area contributed by atoms with Crippen LogP contribution in [0.5, 0.6) is 0 Å². The number of aliphatic hydroxyl groups is 1. The fourth-order valence-electron chi connectivity index (χ4n) is 1.54. The Morgan fingerprint density at radius 2 is 2.06 bits per heavy atom. The number of aliphatic hydroxyl groups excluding tert-OH is 1. The van der Waals surface area contributed by atoms with Crippen LogP contribution < -0.4 is 5.32 Å². The fraction of sp³-hybridized carbons (Fsp3) is 0.462. The molecule has 0 aromatic heterocycles. The molecule has 1 aromatic rings. The van der Waals surface area contributed by atoms with Crippen LogP contribution in [0, 0.1) is 17.6 Å². The van der Waals surface area contributed by atoms with Crippen LogP contribution in [0.4, 0.5) is 8.78 Å². The molecule has 0 aliphatic carbocycles. The van der Waals surface area contributed by atoms with Crippen LogP contribution in [0.3, 0.4) is 0 Å². The summed E-state index contributed by atoms with van der Waals surface area (Å²) < 4.78 is 26.3. The lowest BCUT2D eigenvalue weighted by molar-refractivity contribution is -0.121. The molecule has 0 saturated heterocycles. The summed E-state index contributed by atoms with van der Waals surface area (Å²) >= 11 is 0. The normalized spacial score (nSPS) is 12.6. The minimum Gasteiger partial charge on any atom is -0.394 e. The zero-order valence-electron chi connectivity index (χ0n) is 10.4. The third-order valence-corrected chi connectivity index (χ3v) is 2.73. The van der Waals surface area contributed by atoms with Crippen LogP contribution in [-0.4, -0.2) is 23.7 Å². The molecule has 100 valence electrons. The number of carbonyl (C=O) groups excluding carboxylic acids is 1. The molecule has 3 nitrogen and oxygen atoms in total. The van der Waals surface area contributed by atoms with E-state index in [9.17, 15) is 13.6 Å². The number of rotatable bonds is 5. The van der Waals surface area contributed by atoms with Gasteiger partial charge in [-0.05, 0) is 12.0 Å². The first-order valence-electron chi connectivity index (χ1n) is 5.78. The SMILES string of the molecule is CC(C)[C@@H](CO)NC(=O)Cc1cccc(F)c1F. The van der Waals surface area contributed by atoms with Gasteiger partial charge in [0.05, 0.1) is 19.1 Å². The van der Waals surface area contributed by atoms with E-state index in [0.717, 1.165) is 6.07 Å². The molecule has 0 aliphatic rings. The van der Waals surface area contributed by atoms with E-state index in [-0.39, 0.29) is 30.6 Å². The summed E-state index contributed by atoms with van der Waals surface area (Å²) in [4.78, 5) is 11.6. The monoisotopic (exact) mass is 257 g/mol. The predicted octanol–water partition coefficient (Wildman–Crippen LogP) is 1.64. The Bertz CT molecular complexity index is 421. The standard InChI is InChI=1S/C13H17F2NO2/c1-8(2)11(7-17)16-12(18)6-9-4-3-5-10(14)13(9)15/h3-5,8,11,17H,6-7H2,1-2H3,(H,16,18)/t11-/m1/s1. The quantitative estimate of drug-likeness (QED) is 0.842. The van der Waals surface area contributed by atoms with Gasteiger partial charge in [-0.2, -0.15) is 0 Å². The van der Waals surface area contributed by atoms with E-state index in [4.69, 9.17) is 5.11 Å². The summed E-state index contributed by atoms with van der Waals surface area (Å²) in [6, 6.07) is 3.34. The minimum atomic E-state index is -1.00. The van der Waals surface area contributed by atoms with Gasteiger partial charge in [0, 0.05) is 5.56 Å². The summed E-state index contributed by atoms with van der Waals surface area (Å²) in [6.07, 6.45) is -0.243. The summed E-state index contributed by atoms with van der Waals surface area (Å²) in [6.45, 7) is 3.52. The lowest BCUT2D eigenvalue weighted by atomic mass is 10.0. The van der Waals surface area contributed by atoms with E-state index >= 15 is 0 Å². The van der Waals surface area contributed by atoms with Crippen LogP contribution in [-0.2, 0) is 11.2 Å². The Labute approximate surface area is 105 Å². The molecule has 0 unspecified atom stereocenters. The second kappa shape index (κ2) is 6.44. The van der Waals surface area contributed by atoms with E-state index in [2.05, 4.69) is 5.32 Å². The predicted molar refractivity (Wildman–Crippen MR) is 63.9 cm³/mol. The van der Waals surface area contributed by atoms with Gasteiger partial charge in [-0.15, -0.1) is 0 Å². The average molecular weight is 257 g/mol. The van der Waals surface area contributed by atoms with Crippen molar-refractivity contribution in [1.29, 1.82) is 0 Å². The Hall–Kier alpha value is -1.49. The molecule has 1 amide bonds. The Morgan fingerprint density at radius 3 is 2.61 bits per heavy atom. The van der Waals surface area contributed by atoms with Gasteiger partial charge in [0.2, 0.25) is 5.91 Å². The van der Waals surface area contributed by atoms with Crippen molar-refractivity contribution in [2.24, 2.45) is 5.92 Å². The number of hydrogen-bond acceptors (Lipinski definition) is 2. The van der Waals surface area contributed by atoms with Crippen molar-refractivity contribution in [2.45, 2.75) is 26.3 Å². The maximum absolute atomic E-state index is 13.3. The molecule has 18 heavy (non-hydrogen) atoms. The highest BCUT2D eigenvalue weighted by molar-refractivity contribution is 5.78. The van der Waals surface area contributed by atoms with Gasteiger partial charge in [0.1, 0.15) is 0 Å². The number of benzene rings is 1. The first kappa shape index (κ1) is 14.6. The topological polar surface area (TPSA) is 49.3 Å². The highest BCUT2D eigenvalue weighted by atomic mass is 19.2. The van der Waals surface area contributed by atoms with Crippen molar-refractivity contribution in [3.63, 3.8) is 0 Å². The molecule has 5 heteroatoms. The van der Waals surface area contributed by atoms with E-state index in [1.807, 2.05) is 13.8 Å². The van der Waals surface area contributed by atoms with Crippen LogP contribution in [0.15, 0.2) is 18.2 Å². The molecule has 2 N–H and O–H groups in total. The Kier molecular flexibility index (Phi) is 5.22. The summed E-state index contributed by atoms with van der Waals surface area (Å²) in [5.74, 6) is -2.34. The molecule has 0 fully saturated rings. The maximum atomic E-state index is 13.3. The summed E-state index contributed by atoms with van der Waals surface area (Å²) in [7, 11) is 0. The number of hydrogen-bond donors (Lipinski definition) is 2. The third kappa shape index (κ3) is 3.77. The molecule has 0 aliphatic heterocycles. The van der Waals surface area contributed by atoms with Crippen LogP contribution >= 0.6 is 0 Å². The molecule has 1 atom stereocenters. The summed E-state index contributed by atoms with van der Waals surface area (Å²) in [5.41, 5.74) is 0.00736. The molecule has 1 rings (SSSR count). The van der Waals surface area contributed by atoms with E-state index in [0.29, 0.717) is 0 Å². The van der Waals surface area contributed by atoms with Gasteiger partial charge in [-0.1, -0.05) is 26.0 Å². The average Bonchev–Trinajstić information content (AvgIpc) is 2.31. The third-order valence-electron chi connectivity index (χ3n) is 2.73. The number of halogens is 2. The lowest BCUT2D eigenvalue weighted by Gasteiger charge is -2.19. The second-order valence-electron chi connectivity index (χ2n) is 4.49. The molecule has 1 aromatic carbocycles. The molecule has 0 bridgehead atoms. The van der Waals surface area contributed by atoms with Gasteiger partial charge in [0.25, 0.3) is 0 Å². The second-order valence-corrected chi connectivity index (χ2v) is 4.49.